The molecule has 1 atom stereocenters. The highest BCUT2D eigenvalue weighted by Gasteiger charge is 2.14. The van der Waals surface area contributed by atoms with E-state index in [0.29, 0.717) is 23.6 Å². The Morgan fingerprint density at radius 1 is 1.00 bits per heavy atom. The van der Waals surface area contributed by atoms with Crippen LogP contribution < -0.4 is 16.0 Å². The van der Waals surface area contributed by atoms with Crippen LogP contribution in [0.15, 0.2) is 72.8 Å². The number of nitrogens with two attached hydrogens (primary N) is 1. The molecule has 3 N–H and O–H groups in total. The number of hydrogen-bond donors (Lipinski definition) is 2. The van der Waals surface area contributed by atoms with Crippen LogP contribution in [0, 0.1) is 5.82 Å². The molecule has 3 rings (SSSR count). The Kier molecular flexibility index (Phi) is 6.23. The summed E-state index contributed by atoms with van der Waals surface area (Å²) in [5.74, 6) is 6.11. The molecule has 0 saturated carbocycles. The minimum atomic E-state index is -0.339. The Labute approximate surface area is 157 Å². The third-order valence-electron chi connectivity index (χ3n) is 4.15. The molecule has 3 aromatic rings. The van der Waals surface area contributed by atoms with E-state index in [4.69, 9.17) is 22.2 Å². The molecule has 0 aliphatic rings. The summed E-state index contributed by atoms with van der Waals surface area (Å²) in [6, 6.07) is 22.0. The van der Waals surface area contributed by atoms with Crippen LogP contribution in [-0.4, -0.2) is 0 Å². The van der Waals surface area contributed by atoms with E-state index in [1.165, 1.54) is 6.07 Å². The average Bonchev–Trinajstić information content (AvgIpc) is 2.67. The van der Waals surface area contributed by atoms with E-state index >= 15 is 0 Å². The van der Waals surface area contributed by atoms with Gasteiger partial charge in [-0.05, 0) is 47.4 Å². The largest absolute Gasteiger partial charge is 0.489 e. The maximum absolute atomic E-state index is 14.1. The molecule has 0 bridgehead atoms. The molecule has 0 fully saturated rings. The van der Waals surface area contributed by atoms with Gasteiger partial charge in [-0.25, -0.2) is 4.39 Å². The molecule has 0 aromatic heterocycles. The lowest BCUT2D eigenvalue weighted by molar-refractivity contribution is 0.305. The quantitative estimate of drug-likeness (QED) is 0.463. The van der Waals surface area contributed by atoms with E-state index in [0.717, 1.165) is 16.9 Å². The summed E-state index contributed by atoms with van der Waals surface area (Å²) in [6.45, 7) is 0.483. The Morgan fingerprint density at radius 2 is 1.81 bits per heavy atom. The van der Waals surface area contributed by atoms with E-state index in [1.807, 2.05) is 54.6 Å². The van der Waals surface area contributed by atoms with Gasteiger partial charge in [0.1, 0.15) is 18.2 Å². The van der Waals surface area contributed by atoms with Crippen molar-refractivity contribution in [2.24, 2.45) is 5.84 Å². The Balaban J connectivity index is 1.72. The Bertz CT molecular complexity index is 858. The molecule has 26 heavy (non-hydrogen) atoms. The zero-order valence-corrected chi connectivity index (χ0v) is 14.9. The molecule has 3 nitrogen and oxygen atoms in total. The van der Waals surface area contributed by atoms with Crippen molar-refractivity contribution in [1.29, 1.82) is 0 Å². The highest BCUT2D eigenvalue weighted by Crippen LogP contribution is 2.25. The van der Waals surface area contributed by atoms with Gasteiger partial charge in [-0.2, -0.15) is 0 Å². The zero-order chi connectivity index (χ0) is 18.4. The molecule has 0 heterocycles. The minimum absolute atomic E-state index is 0.244. The highest BCUT2D eigenvalue weighted by atomic mass is 35.5. The molecule has 0 aliphatic heterocycles. The smallest absolute Gasteiger partial charge is 0.127 e. The maximum Gasteiger partial charge on any atom is 0.127 e. The molecule has 1 unspecified atom stereocenters. The molecule has 0 aliphatic carbocycles. The molecule has 0 spiro atoms. The lowest BCUT2D eigenvalue weighted by Crippen LogP contribution is -2.29. The van der Waals surface area contributed by atoms with Crippen molar-refractivity contribution in [3.8, 4) is 5.75 Å². The second kappa shape index (κ2) is 8.81. The van der Waals surface area contributed by atoms with Crippen LogP contribution in [0.1, 0.15) is 22.7 Å². The van der Waals surface area contributed by atoms with Gasteiger partial charge in [0.2, 0.25) is 0 Å². The Hall–Kier alpha value is -2.40. The number of hydrogen-bond acceptors (Lipinski definition) is 3. The van der Waals surface area contributed by atoms with Crippen LogP contribution in [0.25, 0.3) is 0 Å². The molecular weight excluding hydrogens is 351 g/mol. The summed E-state index contributed by atoms with van der Waals surface area (Å²) in [5, 5.41) is 0.375. The van der Waals surface area contributed by atoms with E-state index in [-0.39, 0.29) is 11.9 Å². The summed E-state index contributed by atoms with van der Waals surface area (Å²) in [5.41, 5.74) is 5.32. The molecule has 0 radical (unpaired) electrons. The summed E-state index contributed by atoms with van der Waals surface area (Å²) in [6.07, 6.45) is 0.404. The second-order valence-electron chi connectivity index (χ2n) is 6.01. The highest BCUT2D eigenvalue weighted by molar-refractivity contribution is 6.30. The lowest BCUT2D eigenvalue weighted by Gasteiger charge is -2.18. The standard InChI is InChI=1S/C21H20ClFN2O/c22-18-10-9-16(20(23)13-18)12-21(25-24)17-7-4-8-19(11-17)26-14-15-5-2-1-3-6-15/h1-11,13,21,25H,12,14,24H2. The van der Waals surface area contributed by atoms with Gasteiger partial charge in [-0.1, -0.05) is 60.1 Å². The normalized spacial score (nSPS) is 12.0. The van der Waals surface area contributed by atoms with E-state index in [9.17, 15) is 4.39 Å². The van der Waals surface area contributed by atoms with Gasteiger partial charge in [-0.15, -0.1) is 0 Å². The predicted octanol–water partition coefficient (Wildman–Crippen LogP) is 4.81. The molecule has 3 aromatic carbocycles. The number of rotatable bonds is 7. The number of nitrogens with one attached hydrogen (secondary N) is 1. The third kappa shape index (κ3) is 4.82. The van der Waals surface area contributed by atoms with Crippen LogP contribution in [0.5, 0.6) is 5.75 Å². The predicted molar refractivity (Wildman–Crippen MR) is 102 cm³/mol. The first-order valence-electron chi connectivity index (χ1n) is 8.32. The van der Waals surface area contributed by atoms with Crippen molar-refractivity contribution in [3.63, 3.8) is 0 Å². The van der Waals surface area contributed by atoms with Gasteiger partial charge in [-0.3, -0.25) is 11.3 Å². The molecule has 134 valence electrons. The van der Waals surface area contributed by atoms with Gasteiger partial charge < -0.3 is 4.74 Å². The van der Waals surface area contributed by atoms with Crippen molar-refractivity contribution >= 4 is 11.6 Å². The lowest BCUT2D eigenvalue weighted by atomic mass is 9.99. The summed E-state index contributed by atoms with van der Waals surface area (Å²) < 4.78 is 19.9. The summed E-state index contributed by atoms with van der Waals surface area (Å²) in [4.78, 5) is 0. The summed E-state index contributed by atoms with van der Waals surface area (Å²) >= 11 is 5.81. The molecule has 5 heteroatoms. The first kappa shape index (κ1) is 18.4. The van der Waals surface area contributed by atoms with Crippen LogP contribution in [0.2, 0.25) is 5.02 Å². The number of ether oxygens (including phenoxy) is 1. The third-order valence-corrected chi connectivity index (χ3v) is 4.38. The molecule has 0 amide bonds. The fourth-order valence-electron chi connectivity index (χ4n) is 2.74. The maximum atomic E-state index is 14.1. The van der Waals surface area contributed by atoms with Crippen molar-refractivity contribution in [2.75, 3.05) is 0 Å². The van der Waals surface area contributed by atoms with Gasteiger partial charge in [0.25, 0.3) is 0 Å². The number of halogens is 2. The SMILES string of the molecule is NNC(Cc1ccc(Cl)cc1F)c1cccc(OCc2ccccc2)c1. The molecule has 0 saturated heterocycles. The van der Waals surface area contributed by atoms with Crippen LogP contribution in [-0.2, 0) is 13.0 Å². The topological polar surface area (TPSA) is 47.3 Å². The van der Waals surface area contributed by atoms with Crippen molar-refractivity contribution in [2.45, 2.75) is 19.1 Å². The van der Waals surface area contributed by atoms with Crippen molar-refractivity contribution in [1.82, 2.24) is 5.43 Å². The monoisotopic (exact) mass is 370 g/mol. The van der Waals surface area contributed by atoms with E-state index in [2.05, 4.69) is 5.43 Å². The Morgan fingerprint density at radius 3 is 2.54 bits per heavy atom. The molecular formula is C21H20ClFN2O. The average molecular weight is 371 g/mol. The van der Waals surface area contributed by atoms with Gasteiger partial charge in [0.15, 0.2) is 0 Å². The van der Waals surface area contributed by atoms with Crippen LogP contribution in [0.3, 0.4) is 0 Å². The number of benzene rings is 3. The second-order valence-corrected chi connectivity index (χ2v) is 6.44. The fourth-order valence-corrected chi connectivity index (χ4v) is 2.90. The van der Waals surface area contributed by atoms with Crippen molar-refractivity contribution < 1.29 is 9.13 Å². The zero-order valence-electron chi connectivity index (χ0n) is 14.2. The van der Waals surface area contributed by atoms with Gasteiger partial charge in [0, 0.05) is 5.02 Å². The van der Waals surface area contributed by atoms with Gasteiger partial charge >= 0.3 is 0 Å². The minimum Gasteiger partial charge on any atom is -0.489 e. The van der Waals surface area contributed by atoms with Crippen molar-refractivity contribution in [3.05, 3.63) is 100 Å². The van der Waals surface area contributed by atoms with E-state index in [1.54, 1.807) is 12.1 Å². The van der Waals surface area contributed by atoms with Crippen LogP contribution in [0.4, 0.5) is 4.39 Å². The summed E-state index contributed by atoms with van der Waals surface area (Å²) in [7, 11) is 0. The van der Waals surface area contributed by atoms with Gasteiger partial charge in [0.05, 0.1) is 6.04 Å². The first-order valence-corrected chi connectivity index (χ1v) is 8.70. The van der Waals surface area contributed by atoms with Crippen LogP contribution >= 0.6 is 11.6 Å². The number of hydrazine groups is 1. The first-order chi connectivity index (χ1) is 12.7. The van der Waals surface area contributed by atoms with E-state index < -0.39 is 0 Å². The fraction of sp³-hybridized carbons (Fsp3) is 0.143.